The van der Waals surface area contributed by atoms with Crippen LogP contribution in [0.3, 0.4) is 0 Å². The molecule has 1 atom stereocenters. The molecule has 0 saturated carbocycles. The normalized spacial score (nSPS) is 18.6. The van der Waals surface area contributed by atoms with Gasteiger partial charge in [-0.15, -0.1) is 0 Å². The molecule has 0 spiro atoms. The molecule has 1 aliphatic rings. The lowest BCUT2D eigenvalue weighted by atomic mass is 10.1. The maximum absolute atomic E-state index is 12.2. The Bertz CT molecular complexity index is 787. The minimum absolute atomic E-state index is 0.191. The summed E-state index contributed by atoms with van der Waals surface area (Å²) in [5, 5.41) is 9.56. The third-order valence-electron chi connectivity index (χ3n) is 4.68. The Kier molecular flexibility index (Phi) is 6.55. The van der Waals surface area contributed by atoms with Crippen molar-refractivity contribution in [3.05, 3.63) is 65.7 Å². The minimum Gasteiger partial charge on any atom is -0.484 e. The van der Waals surface area contributed by atoms with Gasteiger partial charge in [-0.05, 0) is 23.3 Å². The third kappa shape index (κ3) is 5.98. The molecule has 1 aliphatic heterocycles. The van der Waals surface area contributed by atoms with Crippen molar-refractivity contribution in [1.82, 2.24) is 9.80 Å². The molecule has 0 unspecified atom stereocenters. The number of rotatable bonds is 6. The Morgan fingerprint density at radius 1 is 0.964 bits per heavy atom. The summed E-state index contributed by atoms with van der Waals surface area (Å²) in [7, 11) is 0. The van der Waals surface area contributed by atoms with Crippen molar-refractivity contribution in [2.45, 2.75) is 25.3 Å². The van der Waals surface area contributed by atoms with Crippen molar-refractivity contribution in [2.75, 3.05) is 26.2 Å². The Labute approximate surface area is 162 Å². The van der Waals surface area contributed by atoms with Crippen molar-refractivity contribution in [3.63, 3.8) is 0 Å². The SMILES string of the molecule is N#C[C@@H]1CN(Cc2ccc(OCC(F)(F)F)cc2)CCN1Cc1ccccc1. The van der Waals surface area contributed by atoms with Gasteiger partial charge in [0.1, 0.15) is 11.8 Å². The van der Waals surface area contributed by atoms with Crippen molar-refractivity contribution < 1.29 is 17.9 Å². The van der Waals surface area contributed by atoms with Crippen LogP contribution in [0.25, 0.3) is 0 Å². The van der Waals surface area contributed by atoms with E-state index < -0.39 is 12.8 Å². The third-order valence-corrected chi connectivity index (χ3v) is 4.68. The van der Waals surface area contributed by atoms with Crippen molar-refractivity contribution in [1.29, 1.82) is 5.26 Å². The first kappa shape index (κ1) is 20.2. The zero-order valence-electron chi connectivity index (χ0n) is 15.4. The van der Waals surface area contributed by atoms with Gasteiger partial charge in [0.25, 0.3) is 0 Å². The molecule has 2 aromatic carbocycles. The number of nitrogens with zero attached hydrogens (tertiary/aromatic N) is 3. The first-order valence-electron chi connectivity index (χ1n) is 9.11. The van der Waals surface area contributed by atoms with E-state index in [1.807, 2.05) is 18.2 Å². The molecule has 3 rings (SSSR count). The number of nitriles is 1. The van der Waals surface area contributed by atoms with Gasteiger partial charge in [0, 0.05) is 32.7 Å². The van der Waals surface area contributed by atoms with Gasteiger partial charge in [0.2, 0.25) is 0 Å². The average Bonchev–Trinajstić information content (AvgIpc) is 2.69. The van der Waals surface area contributed by atoms with Crippen LogP contribution in [0.1, 0.15) is 11.1 Å². The van der Waals surface area contributed by atoms with E-state index in [9.17, 15) is 18.4 Å². The molecule has 7 heteroatoms. The van der Waals surface area contributed by atoms with Gasteiger partial charge in [-0.2, -0.15) is 18.4 Å². The van der Waals surface area contributed by atoms with Crippen LogP contribution in [-0.4, -0.2) is 48.3 Å². The van der Waals surface area contributed by atoms with E-state index in [0.29, 0.717) is 13.1 Å². The fourth-order valence-electron chi connectivity index (χ4n) is 3.26. The van der Waals surface area contributed by atoms with Gasteiger partial charge in [-0.25, -0.2) is 0 Å². The number of alkyl halides is 3. The Morgan fingerprint density at radius 2 is 1.64 bits per heavy atom. The lowest BCUT2D eigenvalue weighted by Crippen LogP contribution is -2.51. The quantitative estimate of drug-likeness (QED) is 0.753. The molecular formula is C21H22F3N3O. The monoisotopic (exact) mass is 389 g/mol. The molecule has 0 aromatic heterocycles. The molecule has 28 heavy (non-hydrogen) atoms. The summed E-state index contributed by atoms with van der Waals surface area (Å²) in [4.78, 5) is 4.38. The standard InChI is InChI=1S/C21H22F3N3O/c22-21(23,24)16-28-20-8-6-18(7-9-20)13-26-10-11-27(19(12-25)15-26)14-17-4-2-1-3-5-17/h1-9,19H,10-11,13-16H2/t19-/m1/s1. The van der Waals surface area contributed by atoms with Crippen molar-refractivity contribution >= 4 is 0 Å². The molecule has 0 amide bonds. The average molecular weight is 389 g/mol. The first-order valence-corrected chi connectivity index (χ1v) is 9.11. The van der Waals surface area contributed by atoms with E-state index in [1.165, 1.54) is 5.56 Å². The van der Waals surface area contributed by atoms with Crippen molar-refractivity contribution in [3.8, 4) is 11.8 Å². The second-order valence-corrected chi connectivity index (χ2v) is 6.88. The van der Waals surface area contributed by atoms with E-state index in [-0.39, 0.29) is 11.8 Å². The lowest BCUT2D eigenvalue weighted by Gasteiger charge is -2.38. The summed E-state index contributed by atoms with van der Waals surface area (Å²) >= 11 is 0. The fraction of sp³-hybridized carbons (Fsp3) is 0.381. The Hall–Kier alpha value is -2.56. The highest BCUT2D eigenvalue weighted by atomic mass is 19.4. The number of piperazine rings is 1. The van der Waals surface area contributed by atoms with Crippen LogP contribution in [0, 0.1) is 11.3 Å². The highest BCUT2D eigenvalue weighted by Gasteiger charge is 2.29. The topological polar surface area (TPSA) is 39.5 Å². The van der Waals surface area contributed by atoms with Gasteiger partial charge in [-0.3, -0.25) is 9.80 Å². The minimum atomic E-state index is -4.34. The van der Waals surface area contributed by atoms with Gasteiger partial charge in [0.15, 0.2) is 6.61 Å². The summed E-state index contributed by atoms with van der Waals surface area (Å²) in [5.41, 5.74) is 2.17. The fourth-order valence-corrected chi connectivity index (χ4v) is 3.26. The van der Waals surface area contributed by atoms with E-state index in [4.69, 9.17) is 4.74 Å². The molecular weight excluding hydrogens is 367 g/mol. The molecule has 0 radical (unpaired) electrons. The maximum Gasteiger partial charge on any atom is 0.422 e. The van der Waals surface area contributed by atoms with E-state index in [1.54, 1.807) is 24.3 Å². The zero-order valence-corrected chi connectivity index (χ0v) is 15.4. The summed E-state index contributed by atoms with van der Waals surface area (Å²) in [5.74, 6) is 0.198. The number of ether oxygens (including phenoxy) is 1. The van der Waals surface area contributed by atoms with Gasteiger partial charge < -0.3 is 4.74 Å². The molecule has 0 bridgehead atoms. The smallest absolute Gasteiger partial charge is 0.422 e. The molecule has 0 N–H and O–H groups in total. The van der Waals surface area contributed by atoms with Gasteiger partial charge in [0.05, 0.1) is 6.07 Å². The second kappa shape index (κ2) is 9.09. The van der Waals surface area contributed by atoms with Crippen LogP contribution in [0.2, 0.25) is 0 Å². The van der Waals surface area contributed by atoms with Crippen molar-refractivity contribution in [2.24, 2.45) is 0 Å². The van der Waals surface area contributed by atoms with E-state index in [0.717, 1.165) is 25.2 Å². The molecule has 1 heterocycles. The predicted molar refractivity (Wildman–Crippen MR) is 99.5 cm³/mol. The summed E-state index contributed by atoms with van der Waals surface area (Å²) in [6.07, 6.45) is -4.34. The van der Waals surface area contributed by atoms with Crippen LogP contribution in [0.4, 0.5) is 13.2 Å². The van der Waals surface area contributed by atoms with Crippen LogP contribution in [-0.2, 0) is 13.1 Å². The number of halogens is 3. The largest absolute Gasteiger partial charge is 0.484 e. The first-order chi connectivity index (χ1) is 13.4. The van der Waals surface area contributed by atoms with Gasteiger partial charge in [-0.1, -0.05) is 42.5 Å². The Balaban J connectivity index is 1.52. The Morgan fingerprint density at radius 3 is 2.29 bits per heavy atom. The number of benzene rings is 2. The molecule has 0 aliphatic carbocycles. The molecule has 4 nitrogen and oxygen atoms in total. The van der Waals surface area contributed by atoms with Crippen LogP contribution < -0.4 is 4.74 Å². The predicted octanol–water partition coefficient (Wildman–Crippen LogP) is 3.84. The van der Waals surface area contributed by atoms with Crippen LogP contribution in [0.5, 0.6) is 5.75 Å². The molecule has 148 valence electrons. The van der Waals surface area contributed by atoms with E-state index in [2.05, 4.69) is 28.0 Å². The second-order valence-electron chi connectivity index (χ2n) is 6.88. The van der Waals surface area contributed by atoms with Gasteiger partial charge >= 0.3 is 6.18 Å². The molecule has 1 fully saturated rings. The van der Waals surface area contributed by atoms with Crippen LogP contribution >= 0.6 is 0 Å². The maximum atomic E-state index is 12.2. The lowest BCUT2D eigenvalue weighted by molar-refractivity contribution is -0.153. The summed E-state index contributed by atoms with van der Waals surface area (Å²) < 4.78 is 41.4. The summed E-state index contributed by atoms with van der Waals surface area (Å²) in [6.45, 7) is 2.36. The highest BCUT2D eigenvalue weighted by Crippen LogP contribution is 2.20. The highest BCUT2D eigenvalue weighted by molar-refractivity contribution is 5.27. The van der Waals surface area contributed by atoms with E-state index >= 15 is 0 Å². The number of hydrogen-bond donors (Lipinski definition) is 0. The van der Waals surface area contributed by atoms with Crippen LogP contribution in [0.15, 0.2) is 54.6 Å². The zero-order chi connectivity index (χ0) is 20.0. The molecule has 1 saturated heterocycles. The number of hydrogen-bond acceptors (Lipinski definition) is 4. The molecule has 2 aromatic rings. The summed E-state index contributed by atoms with van der Waals surface area (Å²) in [6, 6.07) is 18.9.